The second-order valence-electron chi connectivity index (χ2n) is 9.28. The smallest absolute Gasteiger partial charge is 0.338 e. The summed E-state index contributed by atoms with van der Waals surface area (Å²) in [6.07, 6.45) is -2.75. The standard InChI is InChI=1S/C28H22F3N7O/c1-16-8-9-17(24-34-21-11-10-19(28(29,30)31)13-22(21)35-24)12-23(16)38-15-18-14-32-26(33-20-6-4-3-5-7-20)36-25(18)37(2)27(38)39/h3-14H,15H2,1-2H3,(H,34,35)(H,32,33,36). The first-order valence-electron chi connectivity index (χ1n) is 12.1. The second-order valence-corrected chi connectivity index (χ2v) is 9.28. The van der Waals surface area contributed by atoms with Gasteiger partial charge in [-0.1, -0.05) is 30.3 Å². The lowest BCUT2D eigenvalue weighted by molar-refractivity contribution is -0.137. The number of halogens is 3. The van der Waals surface area contributed by atoms with Gasteiger partial charge in [0.25, 0.3) is 0 Å². The van der Waals surface area contributed by atoms with E-state index in [1.165, 1.54) is 11.0 Å². The Labute approximate surface area is 221 Å². The van der Waals surface area contributed by atoms with Crippen molar-refractivity contribution in [3.05, 3.63) is 89.6 Å². The van der Waals surface area contributed by atoms with Crippen LogP contribution in [0.2, 0.25) is 0 Å². The zero-order chi connectivity index (χ0) is 27.3. The van der Waals surface area contributed by atoms with Crippen molar-refractivity contribution in [2.24, 2.45) is 0 Å². The molecule has 0 unspecified atom stereocenters. The summed E-state index contributed by atoms with van der Waals surface area (Å²) in [6, 6.07) is 18.1. The van der Waals surface area contributed by atoms with Crippen molar-refractivity contribution in [3.63, 3.8) is 0 Å². The molecule has 0 atom stereocenters. The molecule has 2 N–H and O–H groups in total. The molecule has 0 spiro atoms. The van der Waals surface area contributed by atoms with Crippen molar-refractivity contribution >= 4 is 40.2 Å². The fourth-order valence-corrected chi connectivity index (χ4v) is 4.58. The summed E-state index contributed by atoms with van der Waals surface area (Å²) in [4.78, 5) is 33.0. The van der Waals surface area contributed by atoms with Crippen molar-refractivity contribution < 1.29 is 18.0 Å². The first-order chi connectivity index (χ1) is 18.7. The van der Waals surface area contributed by atoms with Gasteiger partial charge in [-0.3, -0.25) is 9.80 Å². The summed E-state index contributed by atoms with van der Waals surface area (Å²) in [5.41, 5.74) is 3.68. The minimum Gasteiger partial charge on any atom is -0.338 e. The van der Waals surface area contributed by atoms with Gasteiger partial charge in [0, 0.05) is 35.7 Å². The summed E-state index contributed by atoms with van der Waals surface area (Å²) >= 11 is 0. The van der Waals surface area contributed by atoms with Gasteiger partial charge in [-0.05, 0) is 48.9 Å². The number of amides is 2. The van der Waals surface area contributed by atoms with Gasteiger partial charge in [0.1, 0.15) is 11.6 Å². The van der Waals surface area contributed by atoms with Crippen LogP contribution < -0.4 is 15.1 Å². The largest absolute Gasteiger partial charge is 0.416 e. The van der Waals surface area contributed by atoms with Crippen molar-refractivity contribution in [1.82, 2.24) is 19.9 Å². The number of aromatic nitrogens is 4. The summed E-state index contributed by atoms with van der Waals surface area (Å²) in [5.74, 6) is 1.30. The number of anilines is 4. The van der Waals surface area contributed by atoms with Gasteiger partial charge in [0.05, 0.1) is 23.1 Å². The van der Waals surface area contributed by atoms with E-state index in [0.717, 1.165) is 28.9 Å². The maximum absolute atomic E-state index is 13.5. The number of urea groups is 1. The molecular weight excluding hydrogens is 507 g/mol. The highest BCUT2D eigenvalue weighted by Crippen LogP contribution is 2.35. The Hall–Kier alpha value is -4.93. The van der Waals surface area contributed by atoms with Crippen LogP contribution in [0.3, 0.4) is 0 Å². The lowest BCUT2D eigenvalue weighted by Crippen LogP contribution is -2.46. The summed E-state index contributed by atoms with van der Waals surface area (Å²) < 4.78 is 39.5. The van der Waals surface area contributed by atoms with E-state index in [9.17, 15) is 18.0 Å². The van der Waals surface area contributed by atoms with Crippen LogP contribution in [0, 0.1) is 6.92 Å². The molecule has 8 nitrogen and oxygen atoms in total. The molecule has 0 saturated carbocycles. The molecule has 6 rings (SSSR count). The quantitative estimate of drug-likeness (QED) is 0.272. The van der Waals surface area contributed by atoms with E-state index < -0.39 is 11.7 Å². The number of carbonyl (C=O) groups is 1. The number of rotatable bonds is 4. The Morgan fingerprint density at radius 3 is 2.56 bits per heavy atom. The number of imidazole rings is 1. The maximum Gasteiger partial charge on any atom is 0.416 e. The van der Waals surface area contributed by atoms with Crippen molar-refractivity contribution in [1.29, 1.82) is 0 Å². The number of carbonyl (C=O) groups excluding carboxylic acids is 1. The van der Waals surface area contributed by atoms with E-state index in [2.05, 4.69) is 25.3 Å². The van der Waals surface area contributed by atoms with E-state index in [0.29, 0.717) is 34.4 Å². The monoisotopic (exact) mass is 529 g/mol. The van der Waals surface area contributed by atoms with E-state index >= 15 is 0 Å². The fraction of sp³-hybridized carbons (Fsp3) is 0.143. The van der Waals surface area contributed by atoms with Gasteiger partial charge in [0.2, 0.25) is 5.95 Å². The van der Waals surface area contributed by atoms with Crippen LogP contribution in [0.5, 0.6) is 0 Å². The molecular formula is C28H22F3N7O. The van der Waals surface area contributed by atoms with Gasteiger partial charge in [-0.2, -0.15) is 18.2 Å². The third kappa shape index (κ3) is 4.52. The normalized spacial score (nSPS) is 13.6. The Balaban J connectivity index is 1.32. The molecule has 5 aromatic rings. The van der Waals surface area contributed by atoms with Crippen LogP contribution in [-0.2, 0) is 12.7 Å². The third-order valence-corrected chi connectivity index (χ3v) is 6.62. The fourth-order valence-electron chi connectivity index (χ4n) is 4.58. The molecule has 2 amide bonds. The van der Waals surface area contributed by atoms with Crippen LogP contribution in [0.15, 0.2) is 72.9 Å². The second kappa shape index (κ2) is 9.12. The number of alkyl halides is 3. The zero-order valence-corrected chi connectivity index (χ0v) is 20.9. The topological polar surface area (TPSA) is 90.0 Å². The number of nitrogens with one attached hydrogen (secondary N) is 2. The average molecular weight is 530 g/mol. The summed E-state index contributed by atoms with van der Waals surface area (Å²) in [7, 11) is 1.66. The van der Waals surface area contributed by atoms with Gasteiger partial charge < -0.3 is 10.3 Å². The third-order valence-electron chi connectivity index (χ3n) is 6.62. The van der Waals surface area contributed by atoms with Gasteiger partial charge in [0.15, 0.2) is 0 Å². The number of fused-ring (bicyclic) bond motifs is 2. The van der Waals surface area contributed by atoms with Crippen LogP contribution >= 0.6 is 0 Å². The Morgan fingerprint density at radius 2 is 1.79 bits per heavy atom. The van der Waals surface area contributed by atoms with E-state index in [-0.39, 0.29) is 18.1 Å². The number of H-pyrrole nitrogens is 1. The molecule has 0 fully saturated rings. The number of aromatic amines is 1. The number of benzene rings is 3. The maximum atomic E-state index is 13.5. The first-order valence-corrected chi connectivity index (χ1v) is 12.1. The minimum atomic E-state index is -4.45. The molecule has 196 valence electrons. The molecule has 3 aromatic carbocycles. The van der Waals surface area contributed by atoms with Crippen molar-refractivity contribution in [2.45, 2.75) is 19.6 Å². The Kier molecular flexibility index (Phi) is 5.71. The molecule has 3 heterocycles. The molecule has 11 heteroatoms. The number of aryl methyl sites for hydroxylation is 1. The van der Waals surface area contributed by atoms with Crippen molar-refractivity contribution in [3.8, 4) is 11.4 Å². The molecule has 0 saturated heterocycles. The van der Waals surface area contributed by atoms with Gasteiger partial charge in [-0.25, -0.2) is 14.8 Å². The number of nitrogens with zero attached hydrogens (tertiary/aromatic N) is 5. The van der Waals surface area contributed by atoms with Crippen LogP contribution in [-0.4, -0.2) is 33.0 Å². The minimum absolute atomic E-state index is 0.253. The summed E-state index contributed by atoms with van der Waals surface area (Å²) in [5, 5.41) is 3.14. The first kappa shape index (κ1) is 24.4. The van der Waals surface area contributed by atoms with Gasteiger partial charge >= 0.3 is 12.2 Å². The molecule has 1 aliphatic rings. The molecule has 0 aliphatic carbocycles. The molecule has 2 aromatic heterocycles. The molecule has 39 heavy (non-hydrogen) atoms. The van der Waals surface area contributed by atoms with E-state index in [1.807, 2.05) is 49.4 Å². The predicted octanol–water partition coefficient (Wildman–Crippen LogP) is 6.67. The predicted molar refractivity (Wildman–Crippen MR) is 143 cm³/mol. The lowest BCUT2D eigenvalue weighted by Gasteiger charge is -2.35. The van der Waals surface area contributed by atoms with Crippen LogP contribution in [0.1, 0.15) is 16.7 Å². The molecule has 0 radical (unpaired) electrons. The number of hydrogen-bond acceptors (Lipinski definition) is 5. The Morgan fingerprint density at radius 1 is 1.00 bits per heavy atom. The molecule has 1 aliphatic heterocycles. The number of para-hydroxylation sites is 1. The van der Waals surface area contributed by atoms with Crippen molar-refractivity contribution in [2.75, 3.05) is 22.2 Å². The highest BCUT2D eigenvalue weighted by molar-refractivity contribution is 6.05. The number of hydrogen-bond donors (Lipinski definition) is 2. The zero-order valence-electron chi connectivity index (χ0n) is 20.9. The van der Waals surface area contributed by atoms with E-state index in [4.69, 9.17) is 0 Å². The highest BCUT2D eigenvalue weighted by atomic mass is 19.4. The average Bonchev–Trinajstić information content (AvgIpc) is 3.35. The Bertz CT molecular complexity index is 1720. The van der Waals surface area contributed by atoms with E-state index in [1.54, 1.807) is 24.2 Å². The lowest BCUT2D eigenvalue weighted by atomic mass is 10.1. The van der Waals surface area contributed by atoms with Crippen LogP contribution in [0.4, 0.5) is 41.1 Å². The molecule has 0 bridgehead atoms. The van der Waals surface area contributed by atoms with Gasteiger partial charge in [-0.15, -0.1) is 0 Å². The SMILES string of the molecule is Cc1ccc(-c2nc3ccc(C(F)(F)F)cc3[nH]2)cc1N1Cc2cnc(Nc3ccccc3)nc2N(C)C1=O. The highest BCUT2D eigenvalue weighted by Gasteiger charge is 2.32. The summed E-state index contributed by atoms with van der Waals surface area (Å²) in [6.45, 7) is 2.14. The van der Waals surface area contributed by atoms with Crippen LogP contribution in [0.25, 0.3) is 22.4 Å².